The summed E-state index contributed by atoms with van der Waals surface area (Å²) in [5, 5.41) is 0. The largest absolute Gasteiger partial charge is 0.368 e. The highest BCUT2D eigenvalue weighted by molar-refractivity contribution is 9.10. The van der Waals surface area contributed by atoms with Crippen LogP contribution in [-0.4, -0.2) is 18.4 Å². The van der Waals surface area contributed by atoms with Gasteiger partial charge in [0.15, 0.2) is 5.78 Å². The summed E-state index contributed by atoms with van der Waals surface area (Å²) in [6.07, 6.45) is 1.20. The number of halogens is 1. The molecule has 0 amide bonds. The molecule has 2 unspecified atom stereocenters. The van der Waals surface area contributed by atoms with E-state index in [2.05, 4.69) is 40.7 Å². The molecule has 1 aliphatic rings. The van der Waals surface area contributed by atoms with Crippen molar-refractivity contribution in [2.45, 2.75) is 33.2 Å². The molecule has 0 radical (unpaired) electrons. The molecule has 1 aromatic carbocycles. The number of benzene rings is 1. The number of hydrogen-bond donors (Lipinski definition) is 0. The maximum Gasteiger partial charge on any atom is 0.161 e. The van der Waals surface area contributed by atoms with Crippen molar-refractivity contribution < 1.29 is 4.79 Å². The Morgan fingerprint density at radius 3 is 2.65 bits per heavy atom. The van der Waals surface area contributed by atoms with Gasteiger partial charge < -0.3 is 4.90 Å². The van der Waals surface area contributed by atoms with Gasteiger partial charge in [-0.15, -0.1) is 0 Å². The van der Waals surface area contributed by atoms with Crippen LogP contribution in [0.3, 0.4) is 0 Å². The lowest BCUT2D eigenvalue weighted by molar-refractivity contribution is 0.101. The lowest BCUT2D eigenvalue weighted by Crippen LogP contribution is -2.28. The maximum absolute atomic E-state index is 11.7. The van der Waals surface area contributed by atoms with Gasteiger partial charge in [-0.2, -0.15) is 0 Å². The van der Waals surface area contributed by atoms with E-state index in [0.29, 0.717) is 12.0 Å². The zero-order chi connectivity index (χ0) is 12.6. The van der Waals surface area contributed by atoms with Gasteiger partial charge in [-0.3, -0.25) is 4.79 Å². The average molecular weight is 296 g/mol. The van der Waals surface area contributed by atoms with Gasteiger partial charge in [-0.05, 0) is 44.4 Å². The third kappa shape index (κ3) is 2.54. The van der Waals surface area contributed by atoms with Gasteiger partial charge in [-0.25, -0.2) is 0 Å². The molecule has 0 aromatic heterocycles. The Labute approximate surface area is 111 Å². The van der Waals surface area contributed by atoms with Crippen molar-refractivity contribution in [1.82, 2.24) is 0 Å². The van der Waals surface area contributed by atoms with Crippen molar-refractivity contribution in [3.63, 3.8) is 0 Å². The van der Waals surface area contributed by atoms with E-state index < -0.39 is 0 Å². The monoisotopic (exact) mass is 295 g/mol. The molecule has 1 aromatic rings. The molecule has 17 heavy (non-hydrogen) atoms. The van der Waals surface area contributed by atoms with Crippen molar-refractivity contribution in [3.05, 3.63) is 28.2 Å². The van der Waals surface area contributed by atoms with Crippen molar-refractivity contribution in [2.24, 2.45) is 5.92 Å². The first-order valence-electron chi connectivity index (χ1n) is 6.06. The summed E-state index contributed by atoms with van der Waals surface area (Å²) in [7, 11) is 0. The molecule has 1 aliphatic heterocycles. The minimum Gasteiger partial charge on any atom is -0.368 e. The number of hydrogen-bond acceptors (Lipinski definition) is 2. The fourth-order valence-corrected chi connectivity index (χ4v) is 3.02. The first kappa shape index (κ1) is 12.6. The number of anilines is 1. The summed E-state index contributed by atoms with van der Waals surface area (Å²) in [6, 6.07) is 6.42. The van der Waals surface area contributed by atoms with Crippen LogP contribution < -0.4 is 4.90 Å². The van der Waals surface area contributed by atoms with Gasteiger partial charge in [0.1, 0.15) is 0 Å². The Morgan fingerprint density at radius 1 is 1.41 bits per heavy atom. The minimum absolute atomic E-state index is 0.138. The van der Waals surface area contributed by atoms with Crippen LogP contribution in [0.5, 0.6) is 0 Å². The fourth-order valence-electron chi connectivity index (χ4n) is 2.68. The number of nitrogens with zero attached hydrogens (tertiary/aromatic N) is 1. The van der Waals surface area contributed by atoms with Gasteiger partial charge >= 0.3 is 0 Å². The van der Waals surface area contributed by atoms with Gasteiger partial charge in [0.25, 0.3) is 0 Å². The van der Waals surface area contributed by atoms with E-state index in [1.54, 1.807) is 6.92 Å². The Bertz CT molecular complexity index is 444. The number of carbonyl (C=O) groups is 1. The zero-order valence-corrected chi connectivity index (χ0v) is 12.1. The van der Waals surface area contributed by atoms with E-state index in [-0.39, 0.29) is 5.78 Å². The van der Waals surface area contributed by atoms with E-state index in [4.69, 9.17) is 0 Å². The third-order valence-electron chi connectivity index (χ3n) is 3.43. The Morgan fingerprint density at radius 2 is 2.12 bits per heavy atom. The summed E-state index contributed by atoms with van der Waals surface area (Å²) in [5.41, 5.74) is 1.90. The normalized spacial score (nSPS) is 24.1. The van der Waals surface area contributed by atoms with Gasteiger partial charge in [-0.1, -0.05) is 22.9 Å². The summed E-state index contributed by atoms with van der Waals surface area (Å²) in [4.78, 5) is 14.0. The van der Waals surface area contributed by atoms with E-state index in [1.165, 1.54) is 6.42 Å². The molecule has 3 heteroatoms. The smallest absolute Gasteiger partial charge is 0.161 e. The van der Waals surface area contributed by atoms with Crippen molar-refractivity contribution in [2.75, 3.05) is 11.4 Å². The van der Waals surface area contributed by atoms with Crippen LogP contribution in [0, 0.1) is 5.92 Å². The van der Waals surface area contributed by atoms with Crippen LogP contribution in [0.2, 0.25) is 0 Å². The topological polar surface area (TPSA) is 20.3 Å². The average Bonchev–Trinajstić information content (AvgIpc) is 2.57. The molecule has 0 bridgehead atoms. The fraction of sp³-hybridized carbons (Fsp3) is 0.500. The van der Waals surface area contributed by atoms with Crippen LogP contribution >= 0.6 is 15.9 Å². The third-order valence-corrected chi connectivity index (χ3v) is 3.93. The molecule has 2 rings (SSSR count). The highest BCUT2D eigenvalue weighted by Crippen LogP contribution is 2.33. The van der Waals surface area contributed by atoms with E-state index in [0.717, 1.165) is 22.3 Å². The van der Waals surface area contributed by atoms with Crippen molar-refractivity contribution in [3.8, 4) is 0 Å². The van der Waals surface area contributed by atoms with Crippen molar-refractivity contribution >= 4 is 27.4 Å². The number of carbonyl (C=O) groups excluding carboxylic acids is 1. The van der Waals surface area contributed by atoms with Crippen LogP contribution in [0.25, 0.3) is 0 Å². The minimum atomic E-state index is 0.138. The molecule has 0 N–H and O–H groups in total. The van der Waals surface area contributed by atoms with Crippen LogP contribution in [0.4, 0.5) is 5.69 Å². The predicted octanol–water partition coefficient (Wildman–Crippen LogP) is 3.89. The molecule has 0 spiro atoms. The Kier molecular flexibility index (Phi) is 3.57. The highest BCUT2D eigenvalue weighted by Gasteiger charge is 2.28. The summed E-state index contributed by atoms with van der Waals surface area (Å²) in [6.45, 7) is 7.17. The quantitative estimate of drug-likeness (QED) is 0.772. The molecular formula is C14H18BrNO. The zero-order valence-electron chi connectivity index (χ0n) is 10.5. The molecule has 1 heterocycles. The molecule has 0 aliphatic carbocycles. The summed E-state index contributed by atoms with van der Waals surface area (Å²) >= 11 is 3.49. The van der Waals surface area contributed by atoms with E-state index >= 15 is 0 Å². The number of ketones is 1. The molecule has 2 atom stereocenters. The van der Waals surface area contributed by atoms with Crippen LogP contribution in [0.15, 0.2) is 22.7 Å². The number of rotatable bonds is 2. The molecule has 92 valence electrons. The van der Waals surface area contributed by atoms with Crippen LogP contribution in [0.1, 0.15) is 37.6 Å². The first-order valence-corrected chi connectivity index (χ1v) is 6.85. The lowest BCUT2D eigenvalue weighted by atomic mass is 10.1. The first-order chi connectivity index (χ1) is 7.99. The van der Waals surface area contributed by atoms with Crippen molar-refractivity contribution in [1.29, 1.82) is 0 Å². The SMILES string of the molecule is CC(=O)c1ccc(Br)cc1N1CC(C)CC1C. The second-order valence-electron chi connectivity index (χ2n) is 5.06. The molecule has 2 nitrogen and oxygen atoms in total. The molecule has 0 saturated carbocycles. The maximum atomic E-state index is 11.7. The summed E-state index contributed by atoms with van der Waals surface area (Å²) in [5.74, 6) is 0.836. The van der Waals surface area contributed by atoms with Gasteiger partial charge in [0, 0.05) is 28.3 Å². The number of Topliss-reactive ketones (excluding diaryl/α,β-unsaturated/α-hetero) is 1. The Balaban J connectivity index is 2.43. The standard InChI is InChI=1S/C14H18BrNO/c1-9-6-10(2)16(8-9)14-7-12(15)4-5-13(14)11(3)17/h4-5,7,9-10H,6,8H2,1-3H3. The highest BCUT2D eigenvalue weighted by atomic mass is 79.9. The molecular weight excluding hydrogens is 278 g/mol. The van der Waals surface area contributed by atoms with Gasteiger partial charge in [0.05, 0.1) is 0 Å². The van der Waals surface area contributed by atoms with E-state index in [1.807, 2.05) is 12.1 Å². The molecule has 1 saturated heterocycles. The van der Waals surface area contributed by atoms with Gasteiger partial charge in [0.2, 0.25) is 0 Å². The Hall–Kier alpha value is -0.830. The lowest BCUT2D eigenvalue weighted by Gasteiger charge is -2.26. The van der Waals surface area contributed by atoms with Crippen LogP contribution in [-0.2, 0) is 0 Å². The molecule has 1 fully saturated rings. The second-order valence-corrected chi connectivity index (χ2v) is 5.98. The summed E-state index contributed by atoms with van der Waals surface area (Å²) < 4.78 is 1.03. The van der Waals surface area contributed by atoms with E-state index in [9.17, 15) is 4.79 Å². The predicted molar refractivity (Wildman–Crippen MR) is 74.7 cm³/mol. The second kappa shape index (κ2) is 4.81.